The number of amides is 2. The number of hydrogen-bond acceptors (Lipinski definition) is 7. The van der Waals surface area contributed by atoms with Crippen LogP contribution < -0.4 is 29.7 Å². The zero-order valence-corrected chi connectivity index (χ0v) is 22.5. The van der Waals surface area contributed by atoms with E-state index < -0.39 is 17.9 Å². The van der Waals surface area contributed by atoms with Crippen LogP contribution in [0.25, 0.3) is 0 Å². The molecule has 1 aliphatic rings. The fourth-order valence-electron chi connectivity index (χ4n) is 3.88. The van der Waals surface area contributed by atoms with Crippen molar-refractivity contribution in [2.24, 2.45) is 11.0 Å². The van der Waals surface area contributed by atoms with Gasteiger partial charge >= 0.3 is 0 Å². The Morgan fingerprint density at radius 2 is 1.74 bits per heavy atom. The fraction of sp³-hybridized carbons (Fsp3) is 0.300. The van der Waals surface area contributed by atoms with Crippen LogP contribution in [0.5, 0.6) is 23.0 Å². The fourth-order valence-corrected chi connectivity index (χ4v) is 3.88. The summed E-state index contributed by atoms with van der Waals surface area (Å²) in [5, 5.41) is 6.87. The van der Waals surface area contributed by atoms with Gasteiger partial charge in [-0.3, -0.25) is 9.59 Å². The normalized spacial score (nSPS) is 12.8. The second-order valence-electron chi connectivity index (χ2n) is 9.41. The Balaban J connectivity index is 1.37. The molecule has 0 spiro atoms. The van der Waals surface area contributed by atoms with Crippen LogP contribution in [0.2, 0.25) is 0 Å². The highest BCUT2D eigenvalue weighted by Crippen LogP contribution is 2.32. The minimum Gasteiger partial charge on any atom is -0.490 e. The van der Waals surface area contributed by atoms with E-state index in [2.05, 4.69) is 15.8 Å². The Hall–Kier alpha value is -4.53. The third-order valence-corrected chi connectivity index (χ3v) is 6.04. The SMILES string of the molecule is CCOc1cc(/C=N/NC(=O)C(NC(=O)c2ccc3c(c2)OCO3)C(C)C)ccc1OCc1ccc(C)cc1. The van der Waals surface area contributed by atoms with Crippen molar-refractivity contribution in [3.63, 3.8) is 0 Å². The molecule has 204 valence electrons. The van der Waals surface area contributed by atoms with Crippen LogP contribution in [0.3, 0.4) is 0 Å². The van der Waals surface area contributed by atoms with E-state index in [1.807, 2.05) is 64.1 Å². The van der Waals surface area contributed by atoms with Gasteiger partial charge in [0.25, 0.3) is 11.8 Å². The number of nitrogens with one attached hydrogen (secondary N) is 2. The van der Waals surface area contributed by atoms with Gasteiger partial charge in [0.05, 0.1) is 12.8 Å². The molecule has 0 saturated heterocycles. The predicted molar refractivity (Wildman–Crippen MR) is 148 cm³/mol. The number of ether oxygens (including phenoxy) is 4. The molecule has 0 saturated carbocycles. The molecular formula is C30H33N3O6. The van der Waals surface area contributed by atoms with Crippen molar-refractivity contribution in [2.75, 3.05) is 13.4 Å². The number of fused-ring (bicyclic) bond motifs is 1. The summed E-state index contributed by atoms with van der Waals surface area (Å²) in [7, 11) is 0. The van der Waals surface area contributed by atoms with Crippen LogP contribution in [0.1, 0.15) is 47.8 Å². The largest absolute Gasteiger partial charge is 0.490 e. The minimum atomic E-state index is -0.795. The standard InChI is InChI=1S/C30H33N3O6/c1-5-36-26-14-22(10-12-24(26)37-17-21-8-6-20(4)7-9-21)16-31-33-30(35)28(19(2)3)32-29(34)23-11-13-25-27(15-23)39-18-38-25/h6-16,19,28H,5,17-18H2,1-4H3,(H,32,34)(H,33,35)/b31-16+. The molecule has 4 rings (SSSR count). The number of carbonyl (C=O) groups excluding carboxylic acids is 2. The topological polar surface area (TPSA) is 107 Å². The van der Waals surface area contributed by atoms with Gasteiger partial charge in [-0.2, -0.15) is 5.10 Å². The summed E-state index contributed by atoms with van der Waals surface area (Å²) < 4.78 is 22.4. The molecule has 3 aromatic rings. The molecule has 0 bridgehead atoms. The Labute approximate surface area is 228 Å². The molecule has 2 amide bonds. The summed E-state index contributed by atoms with van der Waals surface area (Å²) in [6.45, 7) is 8.63. The lowest BCUT2D eigenvalue weighted by Gasteiger charge is -2.20. The van der Waals surface area contributed by atoms with Crippen LogP contribution in [0, 0.1) is 12.8 Å². The molecule has 1 unspecified atom stereocenters. The average Bonchev–Trinajstić information content (AvgIpc) is 3.40. The first-order valence-electron chi connectivity index (χ1n) is 12.8. The minimum absolute atomic E-state index is 0.116. The maximum atomic E-state index is 12.9. The van der Waals surface area contributed by atoms with E-state index in [0.29, 0.717) is 47.3 Å². The molecule has 0 radical (unpaired) electrons. The summed E-state index contributed by atoms with van der Waals surface area (Å²) in [4.78, 5) is 25.7. The molecule has 3 aromatic carbocycles. The van der Waals surface area contributed by atoms with Gasteiger partial charge < -0.3 is 24.3 Å². The van der Waals surface area contributed by atoms with Crippen molar-refractivity contribution in [3.05, 3.63) is 82.9 Å². The highest BCUT2D eigenvalue weighted by Gasteiger charge is 2.25. The highest BCUT2D eigenvalue weighted by atomic mass is 16.7. The van der Waals surface area contributed by atoms with Crippen molar-refractivity contribution >= 4 is 18.0 Å². The Bertz CT molecular complexity index is 1340. The van der Waals surface area contributed by atoms with E-state index in [1.165, 1.54) is 11.8 Å². The van der Waals surface area contributed by atoms with Gasteiger partial charge in [0.2, 0.25) is 6.79 Å². The van der Waals surface area contributed by atoms with Crippen molar-refractivity contribution in [1.29, 1.82) is 0 Å². The molecule has 0 aromatic heterocycles. The zero-order valence-electron chi connectivity index (χ0n) is 22.5. The smallest absolute Gasteiger partial charge is 0.262 e. The Morgan fingerprint density at radius 1 is 0.974 bits per heavy atom. The van der Waals surface area contributed by atoms with E-state index in [1.54, 1.807) is 24.3 Å². The predicted octanol–water partition coefficient (Wildman–Crippen LogP) is 4.61. The quantitative estimate of drug-likeness (QED) is 0.277. The van der Waals surface area contributed by atoms with Gasteiger partial charge in [-0.25, -0.2) is 5.43 Å². The van der Waals surface area contributed by atoms with Crippen LogP contribution in [-0.2, 0) is 11.4 Å². The summed E-state index contributed by atoms with van der Waals surface area (Å²) in [6.07, 6.45) is 1.52. The molecule has 2 N–H and O–H groups in total. The molecule has 1 aliphatic heterocycles. The molecular weight excluding hydrogens is 498 g/mol. The third kappa shape index (κ3) is 7.28. The highest BCUT2D eigenvalue weighted by molar-refractivity contribution is 5.98. The molecule has 1 atom stereocenters. The number of nitrogens with zero attached hydrogens (tertiary/aromatic N) is 1. The maximum absolute atomic E-state index is 12.9. The van der Waals surface area contributed by atoms with Gasteiger partial charge in [0.15, 0.2) is 23.0 Å². The van der Waals surface area contributed by atoms with E-state index in [9.17, 15) is 9.59 Å². The van der Waals surface area contributed by atoms with Gasteiger partial charge in [-0.1, -0.05) is 43.7 Å². The van der Waals surface area contributed by atoms with Gasteiger partial charge in [0, 0.05) is 5.56 Å². The van der Waals surface area contributed by atoms with Crippen molar-refractivity contribution in [3.8, 4) is 23.0 Å². The first-order chi connectivity index (χ1) is 18.8. The number of hydrazone groups is 1. The molecule has 9 heteroatoms. The summed E-state index contributed by atoms with van der Waals surface area (Å²) in [5.41, 5.74) is 5.86. The van der Waals surface area contributed by atoms with Crippen LogP contribution in [0.15, 0.2) is 65.8 Å². The number of benzene rings is 3. The Kier molecular flexibility index (Phi) is 9.04. The first kappa shape index (κ1) is 27.5. The summed E-state index contributed by atoms with van der Waals surface area (Å²) in [5.74, 6) is 1.27. The van der Waals surface area contributed by atoms with Crippen molar-refractivity contribution in [1.82, 2.24) is 10.7 Å². The van der Waals surface area contributed by atoms with Crippen molar-refractivity contribution < 1.29 is 28.5 Å². The monoisotopic (exact) mass is 531 g/mol. The lowest BCUT2D eigenvalue weighted by Crippen LogP contribution is -2.48. The summed E-state index contributed by atoms with van der Waals surface area (Å²) in [6, 6.07) is 17.7. The first-order valence-corrected chi connectivity index (χ1v) is 12.8. The second-order valence-corrected chi connectivity index (χ2v) is 9.41. The van der Waals surface area contributed by atoms with E-state index in [4.69, 9.17) is 18.9 Å². The number of rotatable bonds is 11. The third-order valence-electron chi connectivity index (χ3n) is 6.04. The number of hydrogen-bond donors (Lipinski definition) is 2. The van der Waals surface area contributed by atoms with Gasteiger partial charge in [-0.05, 0) is 67.3 Å². The lowest BCUT2D eigenvalue weighted by atomic mass is 10.0. The van der Waals surface area contributed by atoms with E-state index in [0.717, 1.165) is 5.56 Å². The molecule has 9 nitrogen and oxygen atoms in total. The van der Waals surface area contributed by atoms with Crippen molar-refractivity contribution in [2.45, 2.75) is 40.3 Å². The van der Waals surface area contributed by atoms with Crippen LogP contribution in [0.4, 0.5) is 0 Å². The number of carbonyl (C=O) groups is 2. The van der Waals surface area contributed by atoms with Crippen LogP contribution >= 0.6 is 0 Å². The van der Waals surface area contributed by atoms with E-state index in [-0.39, 0.29) is 12.7 Å². The average molecular weight is 532 g/mol. The summed E-state index contributed by atoms with van der Waals surface area (Å²) >= 11 is 0. The zero-order chi connectivity index (χ0) is 27.8. The molecule has 1 heterocycles. The van der Waals surface area contributed by atoms with Gasteiger partial charge in [-0.15, -0.1) is 0 Å². The van der Waals surface area contributed by atoms with Crippen LogP contribution in [-0.4, -0.2) is 37.5 Å². The second kappa shape index (κ2) is 12.8. The maximum Gasteiger partial charge on any atom is 0.262 e. The van der Waals surface area contributed by atoms with E-state index >= 15 is 0 Å². The van der Waals surface area contributed by atoms with Gasteiger partial charge in [0.1, 0.15) is 12.6 Å². The molecule has 0 fully saturated rings. The molecule has 0 aliphatic carbocycles. The number of aryl methyl sites for hydroxylation is 1. The Morgan fingerprint density at radius 3 is 2.49 bits per heavy atom. The lowest BCUT2D eigenvalue weighted by molar-refractivity contribution is -0.123. The molecule has 39 heavy (non-hydrogen) atoms.